The van der Waals surface area contributed by atoms with E-state index in [0.29, 0.717) is 4.75 Å². The van der Waals surface area contributed by atoms with Gasteiger partial charge in [-0.25, -0.2) is 0 Å². The second kappa shape index (κ2) is 7.00. The number of hydrogen-bond donors (Lipinski definition) is 1. The number of thiazole rings is 1. The Morgan fingerprint density at radius 2 is 2.10 bits per heavy atom. The van der Waals surface area contributed by atoms with E-state index in [0.717, 1.165) is 24.1 Å². The molecule has 0 spiro atoms. The molecule has 0 radical (unpaired) electrons. The van der Waals surface area contributed by atoms with E-state index >= 15 is 0 Å². The number of methoxy groups -OCH3 is 1. The van der Waals surface area contributed by atoms with Crippen molar-refractivity contribution in [2.45, 2.75) is 37.0 Å². The molecular formula is C14H25N3OS2. The fourth-order valence-electron chi connectivity index (χ4n) is 2.66. The number of nitrogens with one attached hydrogen (secondary N) is 1. The van der Waals surface area contributed by atoms with Crippen molar-refractivity contribution >= 4 is 28.2 Å². The summed E-state index contributed by atoms with van der Waals surface area (Å²) >= 11 is 3.72. The Labute approximate surface area is 130 Å². The van der Waals surface area contributed by atoms with Gasteiger partial charge < -0.3 is 15.0 Å². The molecule has 0 amide bonds. The van der Waals surface area contributed by atoms with E-state index in [9.17, 15) is 0 Å². The highest BCUT2D eigenvalue weighted by molar-refractivity contribution is 8.00. The van der Waals surface area contributed by atoms with Gasteiger partial charge in [-0.15, -0.1) is 0 Å². The second-order valence-corrected chi connectivity index (χ2v) is 7.86. The average molecular weight is 316 g/mol. The molecule has 20 heavy (non-hydrogen) atoms. The van der Waals surface area contributed by atoms with Crippen molar-refractivity contribution in [3.8, 4) is 5.88 Å². The first-order chi connectivity index (χ1) is 9.60. The van der Waals surface area contributed by atoms with Gasteiger partial charge in [0.25, 0.3) is 0 Å². The SMILES string of the molecule is COc1nc(N(C)C)sc1CNCC1(SC)CCCC1. The van der Waals surface area contributed by atoms with Crippen molar-refractivity contribution in [2.24, 2.45) is 0 Å². The van der Waals surface area contributed by atoms with Crippen LogP contribution in [-0.4, -0.2) is 43.7 Å². The zero-order chi connectivity index (χ0) is 14.6. The van der Waals surface area contributed by atoms with Crippen LogP contribution < -0.4 is 15.0 Å². The molecule has 1 N–H and O–H groups in total. The van der Waals surface area contributed by atoms with E-state index in [1.54, 1.807) is 18.4 Å². The average Bonchev–Trinajstić information content (AvgIpc) is 3.06. The Hall–Kier alpha value is -0.460. The van der Waals surface area contributed by atoms with Gasteiger partial charge in [0, 0.05) is 31.9 Å². The zero-order valence-corrected chi connectivity index (χ0v) is 14.5. The number of ether oxygens (including phenoxy) is 1. The molecule has 1 aliphatic carbocycles. The van der Waals surface area contributed by atoms with Crippen LogP contribution in [0.25, 0.3) is 0 Å². The van der Waals surface area contributed by atoms with Crippen molar-refractivity contribution in [1.82, 2.24) is 10.3 Å². The Balaban J connectivity index is 1.93. The first kappa shape index (κ1) is 15.9. The summed E-state index contributed by atoms with van der Waals surface area (Å²) in [4.78, 5) is 7.70. The van der Waals surface area contributed by atoms with Crippen molar-refractivity contribution in [2.75, 3.05) is 38.9 Å². The van der Waals surface area contributed by atoms with E-state index < -0.39 is 0 Å². The van der Waals surface area contributed by atoms with Crippen molar-refractivity contribution in [1.29, 1.82) is 0 Å². The molecule has 1 aliphatic rings. The van der Waals surface area contributed by atoms with E-state index in [1.165, 1.54) is 30.6 Å². The molecule has 1 aromatic rings. The molecular weight excluding hydrogens is 290 g/mol. The van der Waals surface area contributed by atoms with Crippen molar-refractivity contribution < 1.29 is 4.74 Å². The summed E-state index contributed by atoms with van der Waals surface area (Å²) in [6, 6.07) is 0. The molecule has 2 rings (SSSR count). The minimum Gasteiger partial charge on any atom is -0.480 e. The molecule has 0 bridgehead atoms. The summed E-state index contributed by atoms with van der Waals surface area (Å²) in [5, 5.41) is 4.61. The minimum atomic E-state index is 0.447. The van der Waals surface area contributed by atoms with Gasteiger partial charge in [-0.1, -0.05) is 24.2 Å². The third-order valence-corrected chi connectivity index (χ3v) is 6.53. The van der Waals surface area contributed by atoms with Gasteiger partial charge in [0.05, 0.1) is 12.0 Å². The fraction of sp³-hybridized carbons (Fsp3) is 0.786. The van der Waals surface area contributed by atoms with Gasteiger partial charge >= 0.3 is 0 Å². The smallest absolute Gasteiger partial charge is 0.230 e. The molecule has 0 saturated heterocycles. The first-order valence-corrected chi connectivity index (χ1v) is 9.11. The molecule has 1 aromatic heterocycles. The van der Waals surface area contributed by atoms with Crippen LogP contribution in [0.3, 0.4) is 0 Å². The lowest BCUT2D eigenvalue weighted by Crippen LogP contribution is -2.34. The molecule has 114 valence electrons. The Morgan fingerprint density at radius 1 is 1.40 bits per heavy atom. The van der Waals surface area contributed by atoms with Crippen LogP contribution in [0.1, 0.15) is 30.6 Å². The maximum atomic E-state index is 5.38. The van der Waals surface area contributed by atoms with Gasteiger partial charge in [-0.2, -0.15) is 16.7 Å². The predicted octanol–water partition coefficient (Wildman–Crippen LogP) is 2.98. The Bertz CT molecular complexity index is 428. The van der Waals surface area contributed by atoms with Crippen molar-refractivity contribution in [3.63, 3.8) is 0 Å². The molecule has 0 atom stereocenters. The van der Waals surface area contributed by atoms with Crippen molar-refractivity contribution in [3.05, 3.63) is 4.88 Å². The lowest BCUT2D eigenvalue weighted by atomic mass is 10.1. The fourth-order valence-corrected chi connectivity index (χ4v) is 4.53. The summed E-state index contributed by atoms with van der Waals surface area (Å²) in [6.07, 6.45) is 7.66. The number of anilines is 1. The summed E-state index contributed by atoms with van der Waals surface area (Å²) < 4.78 is 5.82. The lowest BCUT2D eigenvalue weighted by Gasteiger charge is -2.26. The van der Waals surface area contributed by atoms with Gasteiger partial charge in [-0.3, -0.25) is 0 Å². The third-order valence-electron chi connectivity index (χ3n) is 3.91. The number of thioether (sulfide) groups is 1. The van der Waals surface area contributed by atoms with Gasteiger partial charge in [0.15, 0.2) is 5.13 Å². The van der Waals surface area contributed by atoms with Crippen LogP contribution in [-0.2, 0) is 6.54 Å². The Kier molecular flexibility index (Phi) is 5.57. The predicted molar refractivity (Wildman–Crippen MR) is 89.4 cm³/mol. The highest BCUT2D eigenvalue weighted by Gasteiger charge is 2.32. The molecule has 0 aromatic carbocycles. The number of nitrogens with zero attached hydrogens (tertiary/aromatic N) is 2. The van der Waals surface area contributed by atoms with Crippen LogP contribution in [0, 0.1) is 0 Å². The minimum absolute atomic E-state index is 0.447. The zero-order valence-electron chi connectivity index (χ0n) is 12.9. The third kappa shape index (κ3) is 3.59. The van der Waals surface area contributed by atoms with Crippen LogP contribution in [0.15, 0.2) is 0 Å². The summed E-state index contributed by atoms with van der Waals surface area (Å²) in [5.41, 5.74) is 0. The van der Waals surface area contributed by atoms with Gasteiger partial charge in [0.1, 0.15) is 0 Å². The Morgan fingerprint density at radius 3 is 2.65 bits per heavy atom. The van der Waals surface area contributed by atoms with Crippen LogP contribution >= 0.6 is 23.1 Å². The van der Waals surface area contributed by atoms with E-state index in [-0.39, 0.29) is 0 Å². The summed E-state index contributed by atoms with van der Waals surface area (Å²) in [6.45, 7) is 1.92. The molecule has 6 heteroatoms. The highest BCUT2D eigenvalue weighted by Crippen LogP contribution is 2.39. The number of hydrogen-bond acceptors (Lipinski definition) is 6. The quantitative estimate of drug-likeness (QED) is 0.837. The molecule has 1 fully saturated rings. The van der Waals surface area contributed by atoms with E-state index in [2.05, 4.69) is 16.6 Å². The molecule has 4 nitrogen and oxygen atoms in total. The van der Waals surface area contributed by atoms with E-state index in [4.69, 9.17) is 4.74 Å². The largest absolute Gasteiger partial charge is 0.480 e. The van der Waals surface area contributed by atoms with Crippen LogP contribution in [0.4, 0.5) is 5.13 Å². The number of rotatable bonds is 7. The van der Waals surface area contributed by atoms with Crippen LogP contribution in [0.2, 0.25) is 0 Å². The molecule has 1 saturated carbocycles. The molecule has 0 unspecified atom stereocenters. The second-order valence-electron chi connectivity index (χ2n) is 5.52. The highest BCUT2D eigenvalue weighted by atomic mass is 32.2. The van der Waals surface area contributed by atoms with E-state index in [1.807, 2.05) is 30.8 Å². The first-order valence-electron chi connectivity index (χ1n) is 7.07. The lowest BCUT2D eigenvalue weighted by molar-refractivity contribution is 0.394. The normalized spacial score (nSPS) is 17.4. The standard InChI is InChI=1S/C14H25N3OS2/c1-17(2)13-16-12(18-3)11(20-13)9-15-10-14(19-4)7-5-6-8-14/h15H,5-10H2,1-4H3. The number of aromatic nitrogens is 1. The maximum Gasteiger partial charge on any atom is 0.230 e. The summed E-state index contributed by atoms with van der Waals surface area (Å²) in [5.74, 6) is 0.760. The van der Waals surface area contributed by atoms with Gasteiger partial charge in [-0.05, 0) is 19.1 Å². The monoisotopic (exact) mass is 315 g/mol. The summed E-state index contributed by atoms with van der Waals surface area (Å²) in [7, 11) is 5.71. The van der Waals surface area contributed by atoms with Crippen LogP contribution in [0.5, 0.6) is 5.88 Å². The topological polar surface area (TPSA) is 37.4 Å². The maximum absolute atomic E-state index is 5.38. The molecule has 1 heterocycles. The molecule has 0 aliphatic heterocycles. The van der Waals surface area contributed by atoms with Gasteiger partial charge in [0.2, 0.25) is 5.88 Å².